The number of aromatic nitrogens is 1. The molecule has 0 aliphatic heterocycles. The van der Waals surface area contributed by atoms with Crippen molar-refractivity contribution in [3.63, 3.8) is 0 Å². The molecule has 0 saturated carbocycles. The fourth-order valence-electron chi connectivity index (χ4n) is 3.23. The standard InChI is InChI=1S/C24H28N.CH3.ClH.Ir/c1-7-17(3)18-8-9-22-19(14-18)10-11-25-23(22)20-12-16(2)13-21(15-20)24(4,5)6;;;/h8-11,13-15,17H,7H2,1-6H3;1H3;1H;/q2*-1;;+3/p-1. The Bertz CT molecular complexity index is 912. The minimum atomic E-state index is 0. The number of hydrogen-bond acceptors (Lipinski definition) is 1. The van der Waals surface area contributed by atoms with E-state index in [1.807, 2.05) is 6.20 Å². The van der Waals surface area contributed by atoms with E-state index >= 15 is 0 Å². The molecule has 1 aromatic heterocycles. The monoisotopic (exact) mass is 573 g/mol. The quantitative estimate of drug-likeness (QED) is 0.290. The van der Waals surface area contributed by atoms with Gasteiger partial charge in [0.25, 0.3) is 0 Å². The third kappa shape index (κ3) is 5.66. The zero-order valence-electron chi connectivity index (χ0n) is 18.0. The Morgan fingerprint density at radius 2 is 1.79 bits per heavy atom. The van der Waals surface area contributed by atoms with Crippen molar-refractivity contribution in [1.29, 1.82) is 0 Å². The summed E-state index contributed by atoms with van der Waals surface area (Å²) >= 11 is 1.47. The Balaban J connectivity index is 0.00000127. The van der Waals surface area contributed by atoms with Crippen molar-refractivity contribution in [1.82, 2.24) is 4.98 Å². The van der Waals surface area contributed by atoms with Crippen LogP contribution in [0.1, 0.15) is 63.6 Å². The van der Waals surface area contributed by atoms with Gasteiger partial charge in [-0.2, -0.15) is 0 Å². The van der Waals surface area contributed by atoms with Gasteiger partial charge in [-0.1, -0.05) is 59.7 Å². The van der Waals surface area contributed by atoms with Crippen LogP contribution in [-0.4, -0.2) is 4.98 Å². The van der Waals surface area contributed by atoms with E-state index in [0.717, 1.165) is 23.2 Å². The molecule has 1 heterocycles. The average molecular weight is 573 g/mol. The van der Waals surface area contributed by atoms with Crippen LogP contribution in [0.5, 0.6) is 0 Å². The van der Waals surface area contributed by atoms with Gasteiger partial charge in [0.15, 0.2) is 0 Å². The zero-order valence-corrected chi connectivity index (χ0v) is 21.1. The molecule has 2 aromatic carbocycles. The second kappa shape index (κ2) is 10.5. The van der Waals surface area contributed by atoms with Crippen LogP contribution in [0.25, 0.3) is 22.0 Å². The second-order valence-electron chi connectivity index (χ2n) is 8.17. The molecule has 1 nitrogen and oxygen atoms in total. The van der Waals surface area contributed by atoms with E-state index in [1.165, 1.54) is 39.8 Å². The molecule has 152 valence electrons. The molecule has 3 heteroatoms. The molecule has 0 aliphatic rings. The molecule has 0 fully saturated rings. The summed E-state index contributed by atoms with van der Waals surface area (Å²) in [5, 5.41) is 2.46. The molecular formula is C25H31ClIrN. The van der Waals surface area contributed by atoms with Crippen molar-refractivity contribution in [2.75, 3.05) is 0 Å². The van der Waals surface area contributed by atoms with Crippen LogP contribution in [-0.2, 0) is 23.3 Å². The predicted octanol–water partition coefficient (Wildman–Crippen LogP) is 7.96. The Labute approximate surface area is 186 Å². The number of nitrogens with zero attached hydrogens (tertiary/aromatic N) is 1. The van der Waals surface area contributed by atoms with Crippen molar-refractivity contribution in [2.24, 2.45) is 0 Å². The van der Waals surface area contributed by atoms with Gasteiger partial charge in [0.2, 0.25) is 0 Å². The normalized spacial score (nSPS) is 12.0. The molecule has 0 aliphatic carbocycles. The number of halogens is 1. The van der Waals surface area contributed by atoms with E-state index in [9.17, 15) is 0 Å². The Kier molecular flexibility index (Phi) is 9.34. The summed E-state index contributed by atoms with van der Waals surface area (Å²) in [5.74, 6) is 0.582. The molecule has 28 heavy (non-hydrogen) atoms. The fourth-order valence-corrected chi connectivity index (χ4v) is 3.23. The van der Waals surface area contributed by atoms with Gasteiger partial charge in [-0.05, 0) is 45.8 Å². The molecule has 3 aromatic rings. The van der Waals surface area contributed by atoms with E-state index in [1.54, 1.807) is 0 Å². The Morgan fingerprint density at radius 3 is 2.39 bits per heavy atom. The Hall–Kier alpha value is -1.21. The van der Waals surface area contributed by atoms with Crippen LogP contribution in [0.15, 0.2) is 42.6 Å². The van der Waals surface area contributed by atoms with Gasteiger partial charge >= 0.3 is 27.5 Å². The average Bonchev–Trinajstić information content (AvgIpc) is 2.66. The summed E-state index contributed by atoms with van der Waals surface area (Å²) in [6.07, 6.45) is 3.08. The summed E-state index contributed by atoms with van der Waals surface area (Å²) in [6.45, 7) is 13.4. The number of pyridine rings is 1. The molecule has 0 radical (unpaired) electrons. The van der Waals surface area contributed by atoms with Gasteiger partial charge in [0.1, 0.15) is 0 Å². The molecule has 0 saturated heterocycles. The van der Waals surface area contributed by atoms with Crippen LogP contribution in [0, 0.1) is 20.4 Å². The number of fused-ring (bicyclic) bond motifs is 1. The first-order chi connectivity index (χ1) is 12.8. The summed E-state index contributed by atoms with van der Waals surface area (Å²) in [5.41, 5.74) is 6.12. The van der Waals surface area contributed by atoms with Gasteiger partial charge < -0.3 is 12.4 Å². The number of benzene rings is 2. The first-order valence-corrected chi connectivity index (χ1v) is 12.3. The first kappa shape index (κ1) is 24.8. The molecule has 0 spiro atoms. The van der Waals surface area contributed by atoms with Crippen molar-refractivity contribution in [3.05, 3.63) is 72.8 Å². The molecule has 0 bridgehead atoms. The number of rotatable bonds is 3. The molecule has 0 N–H and O–H groups in total. The minimum absolute atomic E-state index is 0. The molecule has 0 amide bonds. The predicted molar refractivity (Wildman–Crippen MR) is 120 cm³/mol. The van der Waals surface area contributed by atoms with Gasteiger partial charge in [-0.3, -0.25) is 0 Å². The second-order valence-corrected chi connectivity index (χ2v) is 8.17. The Morgan fingerprint density at radius 1 is 1.11 bits per heavy atom. The van der Waals surface area contributed by atoms with Crippen molar-refractivity contribution in [2.45, 2.75) is 59.3 Å². The SMILES string of the molecule is CCC(C)c1ccc2c(-c3[c-]c(C)cc(C(C)(C)C)c3)nccc2c1.[CH3-].[Cl][Ir+2]. The summed E-state index contributed by atoms with van der Waals surface area (Å²) < 4.78 is 0. The third-order valence-corrected chi connectivity index (χ3v) is 5.09. The van der Waals surface area contributed by atoms with Crippen LogP contribution < -0.4 is 0 Å². The van der Waals surface area contributed by atoms with Crippen LogP contribution in [0.4, 0.5) is 0 Å². The van der Waals surface area contributed by atoms with Gasteiger partial charge in [-0.25, -0.2) is 0 Å². The van der Waals surface area contributed by atoms with Crippen LogP contribution >= 0.6 is 9.58 Å². The van der Waals surface area contributed by atoms with Gasteiger partial charge in [0, 0.05) is 6.20 Å². The first-order valence-electron chi connectivity index (χ1n) is 9.35. The van der Waals surface area contributed by atoms with Crippen molar-refractivity contribution >= 4 is 20.4 Å². The van der Waals surface area contributed by atoms with Crippen molar-refractivity contribution in [3.8, 4) is 11.3 Å². The van der Waals surface area contributed by atoms with E-state index in [2.05, 4.69) is 93.6 Å². The van der Waals surface area contributed by atoms with Crippen LogP contribution in [0.2, 0.25) is 0 Å². The van der Waals surface area contributed by atoms with Gasteiger partial charge in [-0.15, -0.1) is 34.9 Å². The maximum atomic E-state index is 4.70. The van der Waals surface area contributed by atoms with E-state index in [-0.39, 0.29) is 12.8 Å². The molecule has 1 atom stereocenters. The number of aryl methyl sites for hydroxylation is 1. The number of hydrogen-bond donors (Lipinski definition) is 0. The van der Waals surface area contributed by atoms with Crippen molar-refractivity contribution < 1.29 is 17.9 Å². The summed E-state index contributed by atoms with van der Waals surface area (Å²) in [7, 11) is 4.64. The maximum absolute atomic E-state index is 4.70. The molecule has 3 rings (SSSR count). The summed E-state index contributed by atoms with van der Waals surface area (Å²) in [6, 6.07) is 16.9. The molecule has 1 unspecified atom stereocenters. The zero-order chi connectivity index (χ0) is 20.2. The fraction of sp³-hybridized carbons (Fsp3) is 0.360. The van der Waals surface area contributed by atoms with Gasteiger partial charge in [0.05, 0.1) is 0 Å². The van der Waals surface area contributed by atoms with E-state index < -0.39 is 0 Å². The summed E-state index contributed by atoms with van der Waals surface area (Å²) in [4.78, 5) is 4.70. The van der Waals surface area contributed by atoms with E-state index in [4.69, 9.17) is 4.98 Å². The van der Waals surface area contributed by atoms with Crippen LogP contribution in [0.3, 0.4) is 0 Å². The topological polar surface area (TPSA) is 12.9 Å². The molecular weight excluding hydrogens is 542 g/mol. The third-order valence-electron chi connectivity index (χ3n) is 5.09. The van der Waals surface area contributed by atoms with E-state index in [0.29, 0.717) is 5.92 Å².